The molecule has 208 valence electrons. The lowest BCUT2D eigenvalue weighted by molar-refractivity contribution is -0.137. The lowest BCUT2D eigenvalue weighted by atomic mass is 9.84. The van der Waals surface area contributed by atoms with Gasteiger partial charge in [-0.05, 0) is 68.7 Å². The molecule has 0 unspecified atom stereocenters. The van der Waals surface area contributed by atoms with E-state index in [9.17, 15) is 22.8 Å². The topological polar surface area (TPSA) is 91.8 Å². The number of carbonyl (C=O) groups excluding carboxylic acids is 1. The highest BCUT2D eigenvalue weighted by Gasteiger charge is 2.35. The van der Waals surface area contributed by atoms with Crippen LogP contribution in [0.3, 0.4) is 0 Å². The number of nitrogens with zero attached hydrogens (tertiary/aromatic N) is 2. The summed E-state index contributed by atoms with van der Waals surface area (Å²) in [6.07, 6.45) is 5.95. The number of aromatic nitrogens is 1. The van der Waals surface area contributed by atoms with Gasteiger partial charge in [0.25, 0.3) is 0 Å². The Hall–Kier alpha value is -2.47. The molecule has 2 amide bonds. The number of carboxylic acid groups (broad SMARTS) is 1. The van der Waals surface area contributed by atoms with Gasteiger partial charge in [-0.2, -0.15) is 13.2 Å². The normalized spacial score (nSPS) is 20.6. The Bertz CT molecular complexity index is 1070. The number of hydrogen-bond donors (Lipinski definition) is 2. The van der Waals surface area contributed by atoms with Crippen LogP contribution in [0.25, 0.3) is 0 Å². The highest BCUT2D eigenvalue weighted by Crippen LogP contribution is 2.35. The van der Waals surface area contributed by atoms with Crippen LogP contribution >= 0.6 is 23.1 Å². The fourth-order valence-electron chi connectivity index (χ4n) is 5.21. The minimum Gasteiger partial charge on any atom is -0.493 e. The summed E-state index contributed by atoms with van der Waals surface area (Å²) in [5.74, 6) is -0.265. The molecular formula is C26H32F3N3O4S2. The fourth-order valence-corrected chi connectivity index (χ4v) is 6.79. The Labute approximate surface area is 228 Å². The molecule has 0 atom stereocenters. The van der Waals surface area contributed by atoms with Gasteiger partial charge < -0.3 is 14.7 Å². The number of amides is 2. The highest BCUT2D eigenvalue weighted by atomic mass is 32.2. The van der Waals surface area contributed by atoms with Crippen LogP contribution in [0, 0.1) is 5.92 Å². The summed E-state index contributed by atoms with van der Waals surface area (Å²) in [4.78, 5) is 30.5. The molecule has 1 heterocycles. The third-order valence-corrected chi connectivity index (χ3v) is 9.21. The van der Waals surface area contributed by atoms with Gasteiger partial charge in [-0.25, -0.2) is 9.78 Å². The van der Waals surface area contributed by atoms with Crippen molar-refractivity contribution in [2.75, 3.05) is 17.7 Å². The first-order valence-corrected chi connectivity index (χ1v) is 14.7. The first kappa shape index (κ1) is 28.5. The molecule has 0 saturated heterocycles. The Morgan fingerprint density at radius 3 is 2.34 bits per heavy atom. The molecule has 0 aliphatic heterocycles. The number of carbonyl (C=O) groups is 2. The summed E-state index contributed by atoms with van der Waals surface area (Å²) in [5, 5.41) is 12.3. The number of aliphatic carboxylic acids is 1. The van der Waals surface area contributed by atoms with Gasteiger partial charge in [0.2, 0.25) is 0 Å². The number of ether oxygens (including phenoxy) is 1. The van der Waals surface area contributed by atoms with Gasteiger partial charge in [0.05, 0.1) is 28.3 Å². The lowest BCUT2D eigenvalue weighted by Gasteiger charge is -2.42. The van der Waals surface area contributed by atoms with E-state index >= 15 is 0 Å². The summed E-state index contributed by atoms with van der Waals surface area (Å²) in [7, 11) is 0. The van der Waals surface area contributed by atoms with Crippen molar-refractivity contribution in [3.8, 4) is 5.75 Å². The molecule has 7 nitrogen and oxygen atoms in total. The molecule has 2 aliphatic carbocycles. The number of urea groups is 1. The average molecular weight is 572 g/mol. The van der Waals surface area contributed by atoms with Crippen molar-refractivity contribution in [3.05, 3.63) is 36.0 Å². The van der Waals surface area contributed by atoms with Crippen molar-refractivity contribution in [2.45, 2.75) is 80.3 Å². The fraction of sp³-hybridized carbons (Fsp3) is 0.577. The zero-order valence-electron chi connectivity index (χ0n) is 20.9. The molecule has 0 spiro atoms. The van der Waals surface area contributed by atoms with Gasteiger partial charge in [-0.3, -0.25) is 10.1 Å². The van der Waals surface area contributed by atoms with Crippen LogP contribution in [-0.2, 0) is 11.0 Å². The van der Waals surface area contributed by atoms with Gasteiger partial charge in [0, 0.05) is 12.1 Å². The predicted molar refractivity (Wildman–Crippen MR) is 141 cm³/mol. The highest BCUT2D eigenvalue weighted by molar-refractivity contribution is 8.01. The largest absolute Gasteiger partial charge is 0.493 e. The number of hydrogen-bond acceptors (Lipinski definition) is 6. The predicted octanol–water partition coefficient (Wildman–Crippen LogP) is 7.14. The maximum absolute atomic E-state index is 13.5. The van der Waals surface area contributed by atoms with Gasteiger partial charge >= 0.3 is 18.2 Å². The van der Waals surface area contributed by atoms with E-state index in [-0.39, 0.29) is 29.8 Å². The number of rotatable bonds is 9. The Morgan fingerprint density at radius 1 is 1.05 bits per heavy atom. The van der Waals surface area contributed by atoms with E-state index in [0.29, 0.717) is 17.5 Å². The van der Waals surface area contributed by atoms with Crippen molar-refractivity contribution < 1.29 is 32.6 Å². The minimum absolute atomic E-state index is 0.0599. The number of halogens is 3. The molecule has 1 aromatic heterocycles. The van der Waals surface area contributed by atoms with E-state index in [4.69, 9.17) is 9.84 Å². The van der Waals surface area contributed by atoms with Crippen LogP contribution in [-0.4, -0.2) is 51.4 Å². The summed E-state index contributed by atoms with van der Waals surface area (Å²) in [6.45, 7) is 0.434. The molecule has 4 rings (SSSR count). The molecule has 2 fully saturated rings. The maximum atomic E-state index is 13.5. The van der Waals surface area contributed by atoms with Crippen molar-refractivity contribution >= 4 is 40.2 Å². The monoisotopic (exact) mass is 571 g/mol. The van der Waals surface area contributed by atoms with Crippen LogP contribution in [0.1, 0.15) is 63.4 Å². The molecule has 0 radical (unpaired) electrons. The molecule has 2 N–H and O–H groups in total. The van der Waals surface area contributed by atoms with Crippen LogP contribution in [0.4, 0.5) is 23.1 Å². The second kappa shape index (κ2) is 13.1. The number of thioether (sulfide) groups is 1. The van der Waals surface area contributed by atoms with Gasteiger partial charge in [0.1, 0.15) is 5.75 Å². The van der Waals surface area contributed by atoms with Crippen molar-refractivity contribution in [3.63, 3.8) is 0 Å². The van der Waals surface area contributed by atoms with E-state index in [2.05, 4.69) is 10.3 Å². The molecule has 2 aromatic rings. The summed E-state index contributed by atoms with van der Waals surface area (Å²) in [5.41, 5.74) is -0.695. The molecular weight excluding hydrogens is 539 g/mol. The van der Waals surface area contributed by atoms with E-state index < -0.39 is 17.7 Å². The third kappa shape index (κ3) is 8.02. The van der Waals surface area contributed by atoms with E-state index in [0.717, 1.165) is 67.7 Å². The molecule has 2 aliphatic rings. The third-order valence-electron chi connectivity index (χ3n) is 7.12. The zero-order valence-corrected chi connectivity index (χ0v) is 22.5. The van der Waals surface area contributed by atoms with Crippen LogP contribution in [0.2, 0.25) is 0 Å². The number of benzene rings is 1. The van der Waals surface area contributed by atoms with Crippen LogP contribution in [0.15, 0.2) is 34.7 Å². The van der Waals surface area contributed by atoms with Crippen LogP contribution in [0.5, 0.6) is 5.75 Å². The number of thiazole rings is 1. The van der Waals surface area contributed by atoms with E-state index in [1.807, 2.05) is 4.90 Å². The summed E-state index contributed by atoms with van der Waals surface area (Å²) < 4.78 is 44.8. The number of alkyl halides is 3. The van der Waals surface area contributed by atoms with Crippen molar-refractivity contribution in [1.82, 2.24) is 9.88 Å². The van der Waals surface area contributed by atoms with Crippen molar-refractivity contribution in [2.24, 2.45) is 5.92 Å². The average Bonchev–Trinajstić information content (AvgIpc) is 3.34. The Balaban J connectivity index is 1.32. The Morgan fingerprint density at radius 2 is 1.71 bits per heavy atom. The van der Waals surface area contributed by atoms with Gasteiger partial charge in [0.15, 0.2) is 5.13 Å². The molecule has 2 saturated carbocycles. The minimum atomic E-state index is -4.37. The van der Waals surface area contributed by atoms with E-state index in [1.165, 1.54) is 41.7 Å². The number of carboxylic acids is 1. The molecule has 38 heavy (non-hydrogen) atoms. The summed E-state index contributed by atoms with van der Waals surface area (Å²) >= 11 is 2.45. The van der Waals surface area contributed by atoms with Gasteiger partial charge in [-0.1, -0.05) is 30.6 Å². The smallest absolute Gasteiger partial charge is 0.416 e. The Kier molecular flexibility index (Phi) is 9.80. The molecule has 1 aromatic carbocycles. The van der Waals surface area contributed by atoms with Crippen molar-refractivity contribution in [1.29, 1.82) is 0 Å². The SMILES string of the molecule is O=C(O)CSc1cnc(NC(=O)N(C2CCCCC2)C2CCC(COc3ccc(C(F)(F)F)cc3)CC2)s1. The second-order valence-corrected chi connectivity index (χ2v) is 12.1. The first-order valence-electron chi connectivity index (χ1n) is 12.9. The second-order valence-electron chi connectivity index (χ2n) is 9.80. The molecule has 12 heteroatoms. The summed E-state index contributed by atoms with van der Waals surface area (Å²) in [6, 6.07) is 4.88. The number of anilines is 1. The standard InChI is InChI=1S/C26H32F3N3O4S2/c27-26(28,29)18-8-12-21(13-9-18)36-15-17-6-10-20(11-7-17)32(19-4-2-1-3-5-19)25(35)31-24-30-14-23(38-24)37-16-22(33)34/h8-9,12-14,17,19-20H,1-7,10-11,15-16H2,(H,33,34)(H,30,31,35). The first-order chi connectivity index (χ1) is 18.2. The number of nitrogens with one attached hydrogen (secondary N) is 1. The van der Waals surface area contributed by atoms with Crippen LogP contribution < -0.4 is 10.1 Å². The zero-order chi connectivity index (χ0) is 27.1. The van der Waals surface area contributed by atoms with E-state index in [1.54, 1.807) is 6.20 Å². The molecule has 0 bridgehead atoms. The quantitative estimate of drug-likeness (QED) is 0.311. The maximum Gasteiger partial charge on any atom is 0.416 e. The lowest BCUT2D eigenvalue weighted by Crippen LogP contribution is -2.51. The van der Waals surface area contributed by atoms with Gasteiger partial charge in [-0.15, -0.1) is 11.8 Å².